The fourth-order valence-corrected chi connectivity index (χ4v) is 3.15. The summed E-state index contributed by atoms with van der Waals surface area (Å²) in [5, 5.41) is 15.6. The molecule has 0 saturated heterocycles. The Morgan fingerprint density at radius 3 is 2.65 bits per heavy atom. The first-order valence-electron chi connectivity index (χ1n) is 8.45. The second-order valence-electron chi connectivity index (χ2n) is 5.91. The highest BCUT2D eigenvalue weighted by Crippen LogP contribution is 2.30. The van der Waals surface area contributed by atoms with E-state index in [9.17, 15) is 0 Å². The van der Waals surface area contributed by atoms with Crippen LogP contribution in [0.5, 0.6) is 0 Å². The van der Waals surface area contributed by atoms with Gasteiger partial charge in [0.05, 0.1) is 23.0 Å². The Morgan fingerprint density at radius 2 is 2.00 bits per heavy atom. The Bertz CT molecular complexity index is 675. The Kier molecular flexibility index (Phi) is 5.47. The molecule has 0 aromatic carbocycles. The molecule has 0 aliphatic heterocycles. The summed E-state index contributed by atoms with van der Waals surface area (Å²) in [7, 11) is 0. The summed E-state index contributed by atoms with van der Waals surface area (Å²) in [4.78, 5) is 0. The molecule has 126 valence electrons. The van der Waals surface area contributed by atoms with Crippen molar-refractivity contribution in [2.24, 2.45) is 11.7 Å². The van der Waals surface area contributed by atoms with Crippen LogP contribution in [-0.2, 0) is 0 Å². The molecule has 2 aromatic rings. The van der Waals surface area contributed by atoms with Crippen LogP contribution in [0.3, 0.4) is 0 Å². The third kappa shape index (κ3) is 3.41. The number of hydrogen-bond acceptors (Lipinski definition) is 4. The van der Waals surface area contributed by atoms with Gasteiger partial charge in [0, 0.05) is 6.04 Å². The van der Waals surface area contributed by atoms with Crippen molar-refractivity contribution in [3.63, 3.8) is 0 Å². The second-order valence-corrected chi connectivity index (χ2v) is 5.91. The number of nitrogen functional groups attached to an aromatic ring is 2. The summed E-state index contributed by atoms with van der Waals surface area (Å²) in [6, 6.07) is 4.14. The van der Waals surface area contributed by atoms with E-state index in [1.807, 2.05) is 26.0 Å². The van der Waals surface area contributed by atoms with Crippen LogP contribution < -0.4 is 16.8 Å². The van der Waals surface area contributed by atoms with Gasteiger partial charge in [-0.3, -0.25) is 5.41 Å². The topological polar surface area (TPSA) is 105 Å². The molecule has 2 heterocycles. The van der Waals surface area contributed by atoms with Crippen LogP contribution in [0.15, 0.2) is 18.3 Å². The maximum absolute atomic E-state index is 7.78. The Balaban J connectivity index is 0.000000924. The normalized spacial score (nSPS) is 20.7. The summed E-state index contributed by atoms with van der Waals surface area (Å²) < 4.78 is 1.68. The molecule has 23 heavy (non-hydrogen) atoms. The lowest BCUT2D eigenvalue weighted by Gasteiger charge is -2.31. The van der Waals surface area contributed by atoms with E-state index in [0.717, 1.165) is 17.6 Å². The largest absolute Gasteiger partial charge is 0.384 e. The predicted octanol–water partition coefficient (Wildman–Crippen LogP) is 3.22. The number of nitrogens with two attached hydrogens (primary N) is 2. The van der Waals surface area contributed by atoms with E-state index < -0.39 is 0 Å². The zero-order valence-corrected chi connectivity index (χ0v) is 14.3. The number of nitrogens with zero attached hydrogens (tertiary/aromatic N) is 2. The first-order chi connectivity index (χ1) is 11.1. The van der Waals surface area contributed by atoms with Gasteiger partial charge in [0.1, 0.15) is 11.7 Å². The van der Waals surface area contributed by atoms with E-state index in [1.54, 1.807) is 10.7 Å². The Morgan fingerprint density at radius 1 is 1.30 bits per heavy atom. The second kappa shape index (κ2) is 7.35. The van der Waals surface area contributed by atoms with Crippen molar-refractivity contribution in [2.45, 2.75) is 52.5 Å². The fourth-order valence-electron chi connectivity index (χ4n) is 3.15. The molecule has 1 aliphatic rings. The molecule has 0 radical (unpaired) electrons. The van der Waals surface area contributed by atoms with Gasteiger partial charge in [0.2, 0.25) is 0 Å². The van der Waals surface area contributed by atoms with Crippen molar-refractivity contribution in [3.05, 3.63) is 23.9 Å². The molecule has 1 aliphatic carbocycles. The molecule has 6 N–H and O–H groups in total. The van der Waals surface area contributed by atoms with Gasteiger partial charge in [0.15, 0.2) is 0 Å². The van der Waals surface area contributed by atoms with Gasteiger partial charge in [-0.25, -0.2) is 4.52 Å². The van der Waals surface area contributed by atoms with Crippen LogP contribution in [0, 0.1) is 11.3 Å². The molecule has 2 unspecified atom stereocenters. The van der Waals surface area contributed by atoms with Crippen molar-refractivity contribution in [1.29, 1.82) is 5.41 Å². The lowest BCUT2D eigenvalue weighted by molar-refractivity contribution is 0.349. The molecular formula is C17H28N6. The van der Waals surface area contributed by atoms with Crippen molar-refractivity contribution >= 4 is 22.9 Å². The molecule has 0 amide bonds. The summed E-state index contributed by atoms with van der Waals surface area (Å²) >= 11 is 0. The van der Waals surface area contributed by atoms with Crippen LogP contribution in [0.1, 0.15) is 52.0 Å². The lowest BCUT2D eigenvalue weighted by atomic mass is 9.85. The van der Waals surface area contributed by atoms with Crippen LogP contribution in [0.25, 0.3) is 5.52 Å². The summed E-state index contributed by atoms with van der Waals surface area (Å²) in [5.74, 6) is 1.22. The fraction of sp³-hybridized carbons (Fsp3) is 0.529. The first-order valence-corrected chi connectivity index (χ1v) is 8.45. The monoisotopic (exact) mass is 316 g/mol. The molecule has 0 spiro atoms. The van der Waals surface area contributed by atoms with Crippen LogP contribution in [0.4, 0.5) is 11.5 Å². The molecule has 3 rings (SSSR count). The zero-order valence-electron chi connectivity index (χ0n) is 14.3. The third-order valence-corrected chi connectivity index (χ3v) is 4.44. The maximum Gasteiger partial charge on any atom is 0.126 e. The number of hydrogen-bond donors (Lipinski definition) is 4. The van der Waals surface area contributed by atoms with Crippen LogP contribution >= 0.6 is 0 Å². The van der Waals surface area contributed by atoms with E-state index >= 15 is 0 Å². The number of fused-ring (bicyclic) bond motifs is 1. The molecule has 2 aromatic heterocycles. The minimum Gasteiger partial charge on any atom is -0.384 e. The van der Waals surface area contributed by atoms with Crippen molar-refractivity contribution in [1.82, 2.24) is 9.61 Å². The van der Waals surface area contributed by atoms with Crippen molar-refractivity contribution in [3.8, 4) is 0 Å². The molecule has 1 saturated carbocycles. The number of rotatable bonds is 3. The third-order valence-electron chi connectivity index (χ3n) is 4.44. The highest BCUT2D eigenvalue weighted by molar-refractivity contribution is 6.03. The van der Waals surface area contributed by atoms with E-state index in [2.05, 4.69) is 17.3 Å². The van der Waals surface area contributed by atoms with Gasteiger partial charge < -0.3 is 16.8 Å². The smallest absolute Gasteiger partial charge is 0.126 e. The minimum atomic E-state index is 0.0238. The molecule has 6 nitrogen and oxygen atoms in total. The van der Waals surface area contributed by atoms with Gasteiger partial charge in [-0.05, 0) is 30.9 Å². The summed E-state index contributed by atoms with van der Waals surface area (Å²) in [6.45, 7) is 6.27. The molecule has 2 atom stereocenters. The highest BCUT2D eigenvalue weighted by Gasteiger charge is 2.23. The molecule has 1 fully saturated rings. The summed E-state index contributed by atoms with van der Waals surface area (Å²) in [6.07, 6.45) is 6.52. The van der Waals surface area contributed by atoms with Crippen LogP contribution in [0.2, 0.25) is 0 Å². The highest BCUT2D eigenvalue weighted by atomic mass is 15.3. The maximum atomic E-state index is 7.78. The van der Waals surface area contributed by atoms with Gasteiger partial charge in [-0.2, -0.15) is 5.10 Å². The average molecular weight is 316 g/mol. The van der Waals surface area contributed by atoms with E-state index in [0.29, 0.717) is 23.3 Å². The first kappa shape index (κ1) is 17.1. The van der Waals surface area contributed by atoms with Crippen molar-refractivity contribution < 1.29 is 0 Å². The van der Waals surface area contributed by atoms with Gasteiger partial charge in [0.25, 0.3) is 0 Å². The summed E-state index contributed by atoms with van der Waals surface area (Å²) in [5.41, 5.74) is 14.0. The predicted molar refractivity (Wildman–Crippen MR) is 97.0 cm³/mol. The molecule has 6 heteroatoms. The molecule has 0 bridgehead atoms. The SMILES string of the molecule is CC.CC1CCCCC1Nc1c(C(=N)N)cnn2c(N)ccc12. The molecular weight excluding hydrogens is 288 g/mol. The van der Waals surface area contributed by atoms with E-state index in [-0.39, 0.29) is 5.84 Å². The van der Waals surface area contributed by atoms with Gasteiger partial charge in [-0.1, -0.05) is 33.6 Å². The quantitative estimate of drug-likeness (QED) is 0.515. The average Bonchev–Trinajstić information content (AvgIpc) is 2.93. The number of amidine groups is 1. The Hall–Kier alpha value is -2.24. The van der Waals surface area contributed by atoms with Gasteiger partial charge in [-0.15, -0.1) is 0 Å². The van der Waals surface area contributed by atoms with E-state index in [4.69, 9.17) is 16.9 Å². The Labute approximate surface area is 137 Å². The minimum absolute atomic E-state index is 0.0238. The van der Waals surface area contributed by atoms with E-state index in [1.165, 1.54) is 19.3 Å². The van der Waals surface area contributed by atoms with Crippen LogP contribution in [-0.4, -0.2) is 21.5 Å². The number of aromatic nitrogens is 2. The van der Waals surface area contributed by atoms with Gasteiger partial charge >= 0.3 is 0 Å². The number of nitrogens with one attached hydrogen (secondary N) is 2. The number of anilines is 2. The zero-order chi connectivity index (χ0) is 17.0. The van der Waals surface area contributed by atoms with Crippen molar-refractivity contribution in [2.75, 3.05) is 11.1 Å². The standard InChI is InChI=1S/C15H22N6.C2H6/c1-9-4-2-3-5-11(9)20-14-10(15(17)18)8-19-21-12(14)6-7-13(21)16;1-2/h6-9,11,20H,2-5,16H2,1H3,(H3,17,18);1-2H3. The lowest BCUT2D eigenvalue weighted by Crippen LogP contribution is -2.31.